The van der Waals surface area contributed by atoms with E-state index >= 15 is 0 Å². The van der Waals surface area contributed by atoms with Crippen LogP contribution >= 0.6 is 0 Å². The summed E-state index contributed by atoms with van der Waals surface area (Å²) in [6.07, 6.45) is 6.10. The van der Waals surface area contributed by atoms with Crippen molar-refractivity contribution in [2.24, 2.45) is 0 Å². The van der Waals surface area contributed by atoms with Crippen LogP contribution in [-0.4, -0.2) is 6.04 Å². The summed E-state index contributed by atoms with van der Waals surface area (Å²) in [5.41, 5.74) is 1.18. The molecule has 0 unspecified atom stereocenters. The molecular weight excluding hydrogens is 146 g/mol. The zero-order valence-electron chi connectivity index (χ0n) is 8.82. The number of hydrogen-bond acceptors (Lipinski definition) is 1. The minimum atomic E-state index is 0.660. The molecule has 0 radical (unpaired) electrons. The van der Waals surface area contributed by atoms with E-state index in [1.165, 1.54) is 31.4 Å². The van der Waals surface area contributed by atoms with Gasteiger partial charge in [-0.15, -0.1) is 0 Å². The van der Waals surface area contributed by atoms with Crippen molar-refractivity contribution in [3.8, 4) is 0 Å². The summed E-state index contributed by atoms with van der Waals surface area (Å²) < 4.78 is 0. The smallest absolute Gasteiger partial charge is 0.0257 e. The molecule has 0 amide bonds. The van der Waals surface area contributed by atoms with Crippen LogP contribution in [0, 0.1) is 0 Å². The van der Waals surface area contributed by atoms with Gasteiger partial charge in [0.1, 0.15) is 0 Å². The summed E-state index contributed by atoms with van der Waals surface area (Å²) >= 11 is 0. The van der Waals surface area contributed by atoms with Crippen molar-refractivity contribution in [2.45, 2.75) is 58.9 Å². The Kier molecular flexibility index (Phi) is 6.93. The summed E-state index contributed by atoms with van der Waals surface area (Å²) in [6.45, 7) is 10.6. The van der Waals surface area contributed by atoms with Crippen molar-refractivity contribution in [1.82, 2.24) is 5.32 Å². The molecule has 0 heterocycles. The highest BCUT2D eigenvalue weighted by molar-refractivity contribution is 4.92. The first kappa shape index (κ1) is 11.5. The molecule has 0 spiro atoms. The average Bonchev–Trinajstić information content (AvgIpc) is 2.05. The van der Waals surface area contributed by atoms with Crippen LogP contribution in [0.15, 0.2) is 12.3 Å². The third-order valence-corrected chi connectivity index (χ3v) is 2.11. The second-order valence-corrected chi connectivity index (χ2v) is 3.38. The maximum Gasteiger partial charge on any atom is 0.0257 e. The monoisotopic (exact) mass is 169 g/mol. The van der Waals surface area contributed by atoms with Crippen LogP contribution in [0.25, 0.3) is 0 Å². The number of allylic oxidation sites excluding steroid dienone is 1. The van der Waals surface area contributed by atoms with Gasteiger partial charge in [-0.2, -0.15) is 0 Å². The molecule has 0 fully saturated rings. The van der Waals surface area contributed by atoms with E-state index < -0.39 is 0 Å². The third-order valence-electron chi connectivity index (χ3n) is 2.11. The lowest BCUT2D eigenvalue weighted by Gasteiger charge is -2.19. The number of rotatable bonds is 7. The molecule has 0 atom stereocenters. The van der Waals surface area contributed by atoms with Crippen molar-refractivity contribution in [3.63, 3.8) is 0 Å². The molecule has 72 valence electrons. The van der Waals surface area contributed by atoms with Crippen LogP contribution in [0.1, 0.15) is 52.9 Å². The molecule has 0 bridgehead atoms. The average molecular weight is 169 g/mol. The van der Waals surface area contributed by atoms with Crippen LogP contribution in [0.2, 0.25) is 0 Å². The fourth-order valence-electron chi connectivity index (χ4n) is 1.38. The van der Waals surface area contributed by atoms with E-state index in [0.717, 1.165) is 6.42 Å². The fraction of sp³-hybridized carbons (Fsp3) is 0.818. The predicted octanol–water partition coefficient (Wildman–Crippen LogP) is 3.47. The Labute approximate surface area is 77.2 Å². The fourth-order valence-corrected chi connectivity index (χ4v) is 1.38. The summed E-state index contributed by atoms with van der Waals surface area (Å²) in [5, 5.41) is 3.47. The van der Waals surface area contributed by atoms with E-state index in [2.05, 4.69) is 32.7 Å². The van der Waals surface area contributed by atoms with Crippen molar-refractivity contribution < 1.29 is 0 Å². The minimum Gasteiger partial charge on any atom is -0.386 e. The highest BCUT2D eigenvalue weighted by Gasteiger charge is 2.05. The Balaban J connectivity index is 3.68. The van der Waals surface area contributed by atoms with Crippen molar-refractivity contribution in [1.29, 1.82) is 0 Å². The quantitative estimate of drug-likeness (QED) is 0.615. The second-order valence-electron chi connectivity index (χ2n) is 3.38. The zero-order chi connectivity index (χ0) is 9.40. The highest BCUT2D eigenvalue weighted by atomic mass is 14.9. The van der Waals surface area contributed by atoms with Gasteiger partial charge in [0.05, 0.1) is 0 Å². The molecule has 0 aromatic carbocycles. The standard InChI is InChI=1S/C11H23N/c1-5-8-11(9-6-2)12-10(4)7-3/h11-12H,4-9H2,1-3H3. The Morgan fingerprint density at radius 2 is 1.67 bits per heavy atom. The Bertz CT molecular complexity index is 112. The van der Waals surface area contributed by atoms with Gasteiger partial charge in [0.2, 0.25) is 0 Å². The highest BCUT2D eigenvalue weighted by Crippen LogP contribution is 2.07. The van der Waals surface area contributed by atoms with Gasteiger partial charge in [0.15, 0.2) is 0 Å². The van der Waals surface area contributed by atoms with E-state index in [1.54, 1.807) is 0 Å². The Morgan fingerprint density at radius 3 is 2.00 bits per heavy atom. The van der Waals surface area contributed by atoms with Gasteiger partial charge >= 0.3 is 0 Å². The molecule has 1 heteroatoms. The first-order chi connectivity index (χ1) is 5.74. The largest absolute Gasteiger partial charge is 0.386 e. The molecule has 0 aromatic rings. The molecular formula is C11H23N. The molecule has 0 aliphatic rings. The van der Waals surface area contributed by atoms with Crippen LogP contribution in [-0.2, 0) is 0 Å². The van der Waals surface area contributed by atoms with Crippen molar-refractivity contribution in [3.05, 3.63) is 12.3 Å². The van der Waals surface area contributed by atoms with Crippen LogP contribution in [0.5, 0.6) is 0 Å². The first-order valence-corrected chi connectivity index (χ1v) is 5.18. The SMILES string of the molecule is C=C(CC)NC(CCC)CCC. The summed E-state index contributed by atoms with van der Waals surface area (Å²) in [6, 6.07) is 0.660. The molecule has 0 saturated carbocycles. The molecule has 0 saturated heterocycles. The normalized spacial score (nSPS) is 10.3. The van der Waals surface area contributed by atoms with Crippen molar-refractivity contribution in [2.75, 3.05) is 0 Å². The van der Waals surface area contributed by atoms with Gasteiger partial charge < -0.3 is 5.32 Å². The molecule has 0 aliphatic carbocycles. The minimum absolute atomic E-state index is 0.660. The molecule has 1 N–H and O–H groups in total. The second kappa shape index (κ2) is 7.20. The predicted molar refractivity (Wildman–Crippen MR) is 56.2 cm³/mol. The molecule has 12 heavy (non-hydrogen) atoms. The summed E-state index contributed by atoms with van der Waals surface area (Å²) in [7, 11) is 0. The Morgan fingerprint density at radius 1 is 1.17 bits per heavy atom. The van der Waals surface area contributed by atoms with Crippen LogP contribution in [0.3, 0.4) is 0 Å². The van der Waals surface area contributed by atoms with Crippen LogP contribution < -0.4 is 5.32 Å². The van der Waals surface area contributed by atoms with Crippen molar-refractivity contribution >= 4 is 0 Å². The number of nitrogens with one attached hydrogen (secondary N) is 1. The van der Waals surface area contributed by atoms with E-state index in [4.69, 9.17) is 0 Å². The van der Waals surface area contributed by atoms with Gasteiger partial charge in [0.25, 0.3) is 0 Å². The lowest BCUT2D eigenvalue weighted by molar-refractivity contribution is 0.477. The van der Waals surface area contributed by atoms with E-state index in [-0.39, 0.29) is 0 Å². The topological polar surface area (TPSA) is 12.0 Å². The molecule has 1 nitrogen and oxygen atoms in total. The molecule has 0 aromatic heterocycles. The Hall–Kier alpha value is -0.460. The van der Waals surface area contributed by atoms with E-state index in [0.29, 0.717) is 6.04 Å². The zero-order valence-corrected chi connectivity index (χ0v) is 8.82. The van der Waals surface area contributed by atoms with Crippen LogP contribution in [0.4, 0.5) is 0 Å². The van der Waals surface area contributed by atoms with Gasteiger partial charge in [-0.3, -0.25) is 0 Å². The van der Waals surface area contributed by atoms with E-state index in [1.807, 2.05) is 0 Å². The summed E-state index contributed by atoms with van der Waals surface area (Å²) in [5.74, 6) is 0. The number of hydrogen-bond donors (Lipinski definition) is 1. The maximum absolute atomic E-state index is 3.97. The molecule has 0 rings (SSSR count). The summed E-state index contributed by atoms with van der Waals surface area (Å²) in [4.78, 5) is 0. The molecule has 0 aliphatic heterocycles. The lowest BCUT2D eigenvalue weighted by atomic mass is 10.1. The third kappa shape index (κ3) is 5.22. The lowest BCUT2D eigenvalue weighted by Crippen LogP contribution is -2.27. The van der Waals surface area contributed by atoms with Gasteiger partial charge in [-0.05, 0) is 19.3 Å². The first-order valence-electron chi connectivity index (χ1n) is 5.18. The van der Waals surface area contributed by atoms with Gasteiger partial charge in [-0.1, -0.05) is 40.2 Å². The van der Waals surface area contributed by atoms with Gasteiger partial charge in [-0.25, -0.2) is 0 Å². The van der Waals surface area contributed by atoms with E-state index in [9.17, 15) is 0 Å². The van der Waals surface area contributed by atoms with Gasteiger partial charge in [0, 0.05) is 11.7 Å². The maximum atomic E-state index is 3.97.